The molecule has 20 heavy (non-hydrogen) atoms. The monoisotopic (exact) mass is 301 g/mol. The predicted molar refractivity (Wildman–Crippen MR) is 86.3 cm³/mol. The molecule has 0 aromatic carbocycles. The fourth-order valence-electron chi connectivity index (χ4n) is 2.97. The summed E-state index contributed by atoms with van der Waals surface area (Å²) in [6.45, 7) is 3.31. The minimum absolute atomic E-state index is 0.196. The van der Waals surface area contributed by atoms with Gasteiger partial charge in [-0.05, 0) is 25.7 Å². The summed E-state index contributed by atoms with van der Waals surface area (Å²) in [5, 5.41) is 0.837. The van der Waals surface area contributed by atoms with E-state index in [9.17, 15) is 8.42 Å². The summed E-state index contributed by atoms with van der Waals surface area (Å²) >= 11 is 0. The lowest BCUT2D eigenvalue weighted by Crippen LogP contribution is -2.32. The van der Waals surface area contributed by atoms with Gasteiger partial charge in [-0.1, -0.05) is 57.9 Å². The van der Waals surface area contributed by atoms with Crippen LogP contribution in [0.5, 0.6) is 0 Å². The second-order valence-corrected chi connectivity index (χ2v) is 8.30. The van der Waals surface area contributed by atoms with Gasteiger partial charge in [-0.15, -0.1) is 0 Å². The molecule has 0 heterocycles. The van der Waals surface area contributed by atoms with E-state index in [-0.39, 0.29) is 11.3 Å². The van der Waals surface area contributed by atoms with Crippen LogP contribution >= 0.6 is 0 Å². The van der Waals surface area contributed by atoms with Crippen molar-refractivity contribution in [2.45, 2.75) is 88.3 Å². The Bertz CT molecular complexity index is 333. The van der Waals surface area contributed by atoms with Crippen LogP contribution < -0.4 is 5.73 Å². The summed E-state index contributed by atoms with van der Waals surface area (Å²) in [7, 11) is -3.04. The average Bonchev–Trinajstić information content (AvgIpc) is 2.39. The lowest BCUT2D eigenvalue weighted by Gasteiger charge is -2.24. The SMILES string of the molecule is C1CCCCCCC1.C=CS(=O)(=O)C1CCC(N)CC1. The first-order valence-electron chi connectivity index (χ1n) is 8.18. The van der Waals surface area contributed by atoms with Crippen LogP contribution in [-0.4, -0.2) is 19.7 Å². The minimum Gasteiger partial charge on any atom is -0.328 e. The Hall–Kier alpha value is -0.350. The van der Waals surface area contributed by atoms with E-state index in [1.807, 2.05) is 0 Å². The van der Waals surface area contributed by atoms with E-state index >= 15 is 0 Å². The molecule has 0 aromatic heterocycles. The van der Waals surface area contributed by atoms with Gasteiger partial charge < -0.3 is 5.73 Å². The van der Waals surface area contributed by atoms with Gasteiger partial charge in [0.15, 0.2) is 9.84 Å². The zero-order valence-electron chi connectivity index (χ0n) is 12.7. The molecule has 2 aliphatic carbocycles. The summed E-state index contributed by atoms with van der Waals surface area (Å²) in [6, 6.07) is 0.196. The number of nitrogens with two attached hydrogens (primary N) is 1. The van der Waals surface area contributed by atoms with Crippen molar-refractivity contribution >= 4 is 9.84 Å². The summed E-state index contributed by atoms with van der Waals surface area (Å²) in [5.74, 6) is 0. The van der Waals surface area contributed by atoms with Crippen LogP contribution in [0.2, 0.25) is 0 Å². The van der Waals surface area contributed by atoms with Crippen LogP contribution in [0.25, 0.3) is 0 Å². The van der Waals surface area contributed by atoms with Gasteiger partial charge >= 0.3 is 0 Å². The molecule has 0 aromatic rings. The van der Waals surface area contributed by atoms with Crippen molar-refractivity contribution in [3.05, 3.63) is 12.0 Å². The lowest BCUT2D eigenvalue weighted by molar-refractivity contribution is 0.436. The van der Waals surface area contributed by atoms with E-state index in [1.165, 1.54) is 51.4 Å². The first-order valence-corrected chi connectivity index (χ1v) is 9.79. The van der Waals surface area contributed by atoms with Gasteiger partial charge in [-0.3, -0.25) is 0 Å². The van der Waals surface area contributed by atoms with E-state index in [0.717, 1.165) is 18.2 Å². The van der Waals surface area contributed by atoms with Crippen molar-refractivity contribution in [2.24, 2.45) is 5.73 Å². The van der Waals surface area contributed by atoms with Crippen molar-refractivity contribution in [3.63, 3.8) is 0 Å². The molecule has 2 saturated carbocycles. The van der Waals surface area contributed by atoms with Crippen LogP contribution in [0, 0.1) is 0 Å². The Morgan fingerprint density at radius 2 is 1.15 bits per heavy atom. The van der Waals surface area contributed by atoms with Crippen LogP contribution in [0.3, 0.4) is 0 Å². The van der Waals surface area contributed by atoms with E-state index < -0.39 is 9.84 Å². The first kappa shape index (κ1) is 17.7. The van der Waals surface area contributed by atoms with Crippen molar-refractivity contribution in [1.29, 1.82) is 0 Å². The number of sulfone groups is 1. The van der Waals surface area contributed by atoms with Crippen molar-refractivity contribution in [1.82, 2.24) is 0 Å². The average molecular weight is 301 g/mol. The number of rotatable bonds is 2. The Kier molecular flexibility index (Phi) is 8.46. The minimum atomic E-state index is -3.04. The first-order chi connectivity index (χ1) is 9.56. The molecule has 2 fully saturated rings. The van der Waals surface area contributed by atoms with E-state index in [2.05, 4.69) is 6.58 Å². The molecule has 2 N–H and O–H groups in total. The molecular weight excluding hydrogens is 270 g/mol. The summed E-state index contributed by atoms with van der Waals surface area (Å²) in [6.07, 6.45) is 15.0. The maximum atomic E-state index is 11.3. The normalized spacial score (nSPS) is 28.4. The van der Waals surface area contributed by atoms with Gasteiger partial charge in [-0.25, -0.2) is 8.42 Å². The second kappa shape index (κ2) is 9.56. The molecule has 0 aliphatic heterocycles. The highest BCUT2D eigenvalue weighted by Gasteiger charge is 2.27. The Balaban J connectivity index is 0.000000217. The third-order valence-electron chi connectivity index (χ3n) is 4.42. The quantitative estimate of drug-likeness (QED) is 0.840. The van der Waals surface area contributed by atoms with Crippen LogP contribution in [0.1, 0.15) is 77.0 Å². The highest BCUT2D eigenvalue weighted by Crippen LogP contribution is 2.23. The highest BCUT2D eigenvalue weighted by atomic mass is 32.2. The maximum Gasteiger partial charge on any atom is 0.173 e. The maximum absolute atomic E-state index is 11.3. The Morgan fingerprint density at radius 3 is 1.45 bits per heavy atom. The van der Waals surface area contributed by atoms with Crippen molar-refractivity contribution in [3.8, 4) is 0 Å². The van der Waals surface area contributed by atoms with Gasteiger partial charge in [0.05, 0.1) is 5.25 Å². The third kappa shape index (κ3) is 6.89. The van der Waals surface area contributed by atoms with Crippen LogP contribution in [-0.2, 0) is 9.84 Å². The van der Waals surface area contributed by atoms with Gasteiger partial charge in [-0.2, -0.15) is 0 Å². The third-order valence-corrected chi connectivity index (χ3v) is 6.28. The van der Waals surface area contributed by atoms with Gasteiger partial charge in [0.25, 0.3) is 0 Å². The standard InChI is InChI=1S/C8H15NO2S.C8H16/c1-2-12(10,11)8-5-3-7(9)4-6-8;1-2-4-6-8-7-5-3-1/h2,7-8H,1,3-6,9H2;1-8H2. The lowest BCUT2D eigenvalue weighted by atomic mass is 9.96. The largest absolute Gasteiger partial charge is 0.328 e. The van der Waals surface area contributed by atoms with Gasteiger partial charge in [0, 0.05) is 11.4 Å². The van der Waals surface area contributed by atoms with E-state index in [4.69, 9.17) is 5.73 Å². The fraction of sp³-hybridized carbons (Fsp3) is 0.875. The molecule has 0 amide bonds. The molecule has 2 rings (SSSR count). The highest BCUT2D eigenvalue weighted by molar-refractivity contribution is 7.94. The molecule has 4 heteroatoms. The van der Waals surface area contributed by atoms with Crippen molar-refractivity contribution in [2.75, 3.05) is 0 Å². The Labute approximate surface area is 124 Å². The molecule has 118 valence electrons. The smallest absolute Gasteiger partial charge is 0.173 e. The molecule has 3 nitrogen and oxygen atoms in total. The molecule has 2 aliphatic rings. The molecule has 0 atom stereocenters. The molecular formula is C16H31NO2S. The molecule has 0 spiro atoms. The van der Waals surface area contributed by atoms with Crippen LogP contribution in [0.15, 0.2) is 12.0 Å². The zero-order valence-corrected chi connectivity index (χ0v) is 13.5. The van der Waals surface area contributed by atoms with E-state index in [0.29, 0.717) is 12.8 Å². The van der Waals surface area contributed by atoms with Gasteiger partial charge in [0.1, 0.15) is 0 Å². The summed E-state index contributed by atoms with van der Waals surface area (Å²) in [4.78, 5) is 0. The molecule has 0 saturated heterocycles. The topological polar surface area (TPSA) is 60.2 Å². The second-order valence-electron chi connectivity index (χ2n) is 6.12. The zero-order chi connectivity index (χ0) is 14.8. The predicted octanol–water partition coefficient (Wildman–Crippen LogP) is 3.94. The molecule has 0 unspecified atom stereocenters. The fourth-order valence-corrected chi connectivity index (χ4v) is 4.17. The van der Waals surface area contributed by atoms with Crippen molar-refractivity contribution < 1.29 is 8.42 Å². The summed E-state index contributed by atoms with van der Waals surface area (Å²) in [5.41, 5.74) is 5.66. The molecule has 0 radical (unpaired) electrons. The van der Waals surface area contributed by atoms with Crippen LogP contribution in [0.4, 0.5) is 0 Å². The molecule has 0 bridgehead atoms. The van der Waals surface area contributed by atoms with Gasteiger partial charge in [0.2, 0.25) is 0 Å². The Morgan fingerprint density at radius 1 is 0.800 bits per heavy atom. The van der Waals surface area contributed by atoms with E-state index in [1.54, 1.807) is 0 Å². The number of hydrogen-bond acceptors (Lipinski definition) is 3. The number of hydrogen-bond donors (Lipinski definition) is 1. The summed E-state index contributed by atoms with van der Waals surface area (Å²) < 4.78 is 22.6.